The van der Waals surface area contributed by atoms with E-state index in [0.717, 1.165) is 24.7 Å². The number of carbonyl (C=O) groups excluding carboxylic acids is 2. The van der Waals surface area contributed by atoms with Crippen molar-refractivity contribution < 1.29 is 14.3 Å². The molecule has 2 fully saturated rings. The molecule has 2 aliphatic carbocycles. The normalized spacial score (nSPS) is 28.6. The van der Waals surface area contributed by atoms with Gasteiger partial charge in [-0.3, -0.25) is 9.59 Å². The smallest absolute Gasteiger partial charge is 0.307 e. The third-order valence-electron chi connectivity index (χ3n) is 5.22. The van der Waals surface area contributed by atoms with Gasteiger partial charge in [-0.15, -0.1) is 0 Å². The van der Waals surface area contributed by atoms with Crippen molar-refractivity contribution in [3.05, 3.63) is 0 Å². The molecule has 0 aromatic carbocycles. The van der Waals surface area contributed by atoms with E-state index in [-0.39, 0.29) is 17.8 Å². The van der Waals surface area contributed by atoms with Crippen molar-refractivity contribution in [1.82, 2.24) is 4.90 Å². The van der Waals surface area contributed by atoms with Crippen LogP contribution in [0.3, 0.4) is 0 Å². The molecule has 3 unspecified atom stereocenters. The average Bonchev–Trinajstić information content (AvgIpc) is 2.51. The summed E-state index contributed by atoms with van der Waals surface area (Å²) in [5, 5.41) is 0. The highest BCUT2D eigenvalue weighted by molar-refractivity contribution is 5.79. The number of nitrogens with zero attached hydrogens (tertiary/aromatic N) is 1. The lowest BCUT2D eigenvalue weighted by atomic mass is 9.67. The fraction of sp³-hybridized carbons (Fsp3) is 0.882. The van der Waals surface area contributed by atoms with Crippen LogP contribution in [-0.4, -0.2) is 37.0 Å². The molecular formula is C17H29NO3. The van der Waals surface area contributed by atoms with Gasteiger partial charge in [0.05, 0.1) is 13.0 Å². The molecule has 0 bridgehead atoms. The van der Waals surface area contributed by atoms with Crippen LogP contribution >= 0.6 is 0 Å². The molecule has 0 spiro atoms. The van der Waals surface area contributed by atoms with Crippen molar-refractivity contribution in [2.75, 3.05) is 20.2 Å². The van der Waals surface area contributed by atoms with E-state index in [1.807, 2.05) is 7.05 Å². The Morgan fingerprint density at radius 3 is 2.52 bits per heavy atom. The van der Waals surface area contributed by atoms with Crippen LogP contribution in [0.1, 0.15) is 58.3 Å². The summed E-state index contributed by atoms with van der Waals surface area (Å²) in [7, 11) is 1.81. The fourth-order valence-electron chi connectivity index (χ4n) is 4.01. The van der Waals surface area contributed by atoms with Crippen LogP contribution in [0.25, 0.3) is 0 Å². The van der Waals surface area contributed by atoms with Crippen LogP contribution < -0.4 is 0 Å². The number of hydrogen-bond donors (Lipinski definition) is 0. The molecule has 0 N–H and O–H groups in total. The van der Waals surface area contributed by atoms with Gasteiger partial charge >= 0.3 is 5.97 Å². The van der Waals surface area contributed by atoms with Gasteiger partial charge in [0.1, 0.15) is 0 Å². The van der Waals surface area contributed by atoms with Crippen molar-refractivity contribution in [1.29, 1.82) is 0 Å². The zero-order chi connectivity index (χ0) is 15.2. The van der Waals surface area contributed by atoms with Crippen molar-refractivity contribution in [2.45, 2.75) is 58.3 Å². The SMILES string of the molecule is CCOC(=O)CCN(C)C(=O)C1CCC2CCCCC2C1. The molecule has 0 aromatic heterocycles. The molecule has 0 radical (unpaired) electrons. The fourth-order valence-corrected chi connectivity index (χ4v) is 4.01. The topological polar surface area (TPSA) is 46.6 Å². The minimum absolute atomic E-state index is 0.177. The van der Waals surface area contributed by atoms with Crippen molar-refractivity contribution in [3.63, 3.8) is 0 Å². The molecule has 0 aliphatic heterocycles. The number of carbonyl (C=O) groups is 2. The highest BCUT2D eigenvalue weighted by Crippen LogP contribution is 2.43. The lowest BCUT2D eigenvalue weighted by molar-refractivity contribution is -0.144. The van der Waals surface area contributed by atoms with E-state index in [2.05, 4.69) is 0 Å². The van der Waals surface area contributed by atoms with E-state index in [4.69, 9.17) is 4.74 Å². The average molecular weight is 295 g/mol. The Kier molecular flexibility index (Phi) is 6.07. The van der Waals surface area contributed by atoms with Crippen molar-refractivity contribution >= 4 is 11.9 Å². The van der Waals surface area contributed by atoms with Gasteiger partial charge in [-0.1, -0.05) is 25.7 Å². The summed E-state index contributed by atoms with van der Waals surface area (Å²) < 4.78 is 4.91. The highest BCUT2D eigenvalue weighted by Gasteiger charge is 2.35. The zero-order valence-electron chi connectivity index (χ0n) is 13.5. The predicted molar refractivity (Wildman–Crippen MR) is 81.7 cm³/mol. The summed E-state index contributed by atoms with van der Waals surface area (Å²) >= 11 is 0. The Bertz CT molecular complexity index is 369. The minimum Gasteiger partial charge on any atom is -0.466 e. The molecule has 2 saturated carbocycles. The monoisotopic (exact) mass is 295 g/mol. The number of amides is 1. The van der Waals surface area contributed by atoms with Gasteiger partial charge < -0.3 is 9.64 Å². The zero-order valence-corrected chi connectivity index (χ0v) is 13.5. The van der Waals surface area contributed by atoms with Crippen molar-refractivity contribution in [3.8, 4) is 0 Å². The van der Waals surface area contributed by atoms with E-state index < -0.39 is 0 Å². The molecule has 4 nitrogen and oxygen atoms in total. The van der Waals surface area contributed by atoms with Gasteiger partial charge in [-0.05, 0) is 38.0 Å². The summed E-state index contributed by atoms with van der Waals surface area (Å²) in [5.74, 6) is 1.82. The Labute approximate surface area is 128 Å². The first-order chi connectivity index (χ1) is 10.1. The maximum Gasteiger partial charge on any atom is 0.307 e. The second-order valence-electron chi connectivity index (χ2n) is 6.63. The Hall–Kier alpha value is -1.06. The van der Waals surface area contributed by atoms with Crippen LogP contribution in [0, 0.1) is 17.8 Å². The van der Waals surface area contributed by atoms with E-state index in [1.54, 1.807) is 11.8 Å². The third-order valence-corrected chi connectivity index (χ3v) is 5.22. The Morgan fingerprint density at radius 1 is 1.10 bits per heavy atom. The molecule has 1 amide bonds. The summed E-state index contributed by atoms with van der Waals surface area (Å²) in [6.45, 7) is 2.68. The molecule has 0 heterocycles. The maximum absolute atomic E-state index is 12.5. The van der Waals surface area contributed by atoms with E-state index >= 15 is 0 Å². The molecule has 2 rings (SSSR count). The summed E-state index contributed by atoms with van der Waals surface area (Å²) in [6.07, 6.45) is 8.99. The van der Waals surface area contributed by atoms with E-state index in [0.29, 0.717) is 19.6 Å². The molecule has 3 atom stereocenters. The van der Waals surface area contributed by atoms with Crippen LogP contribution in [0.2, 0.25) is 0 Å². The first-order valence-corrected chi connectivity index (χ1v) is 8.52. The van der Waals surface area contributed by atoms with Gasteiger partial charge in [-0.25, -0.2) is 0 Å². The van der Waals surface area contributed by atoms with Crippen molar-refractivity contribution in [2.24, 2.45) is 17.8 Å². The number of ether oxygens (including phenoxy) is 1. The predicted octanol–water partition coefficient (Wildman–Crippen LogP) is 3.00. The van der Waals surface area contributed by atoms with Gasteiger partial charge in [0, 0.05) is 19.5 Å². The number of fused-ring (bicyclic) bond motifs is 1. The van der Waals surface area contributed by atoms with Crippen LogP contribution in [-0.2, 0) is 14.3 Å². The lowest BCUT2D eigenvalue weighted by Crippen LogP contribution is -2.39. The molecule has 21 heavy (non-hydrogen) atoms. The third kappa shape index (κ3) is 4.45. The molecule has 0 saturated heterocycles. The summed E-state index contributed by atoms with van der Waals surface area (Å²) in [5.41, 5.74) is 0. The summed E-state index contributed by atoms with van der Waals surface area (Å²) in [6, 6.07) is 0. The second-order valence-corrected chi connectivity index (χ2v) is 6.63. The quantitative estimate of drug-likeness (QED) is 0.732. The van der Waals surface area contributed by atoms with Crippen LogP contribution in [0.4, 0.5) is 0 Å². The molecule has 0 aromatic rings. The minimum atomic E-state index is -0.215. The highest BCUT2D eigenvalue weighted by atomic mass is 16.5. The molecular weight excluding hydrogens is 266 g/mol. The lowest BCUT2D eigenvalue weighted by Gasteiger charge is -2.39. The Balaban J connectivity index is 1.78. The second kappa shape index (κ2) is 7.81. The van der Waals surface area contributed by atoms with Crippen LogP contribution in [0.5, 0.6) is 0 Å². The Morgan fingerprint density at radius 2 is 1.81 bits per heavy atom. The maximum atomic E-state index is 12.5. The summed E-state index contributed by atoms with van der Waals surface area (Å²) in [4.78, 5) is 25.6. The molecule has 4 heteroatoms. The van der Waals surface area contributed by atoms with E-state index in [9.17, 15) is 9.59 Å². The van der Waals surface area contributed by atoms with Gasteiger partial charge in [0.2, 0.25) is 5.91 Å². The largest absolute Gasteiger partial charge is 0.466 e. The molecule has 120 valence electrons. The molecule has 2 aliphatic rings. The first kappa shape index (κ1) is 16.3. The van der Waals surface area contributed by atoms with Gasteiger partial charge in [0.15, 0.2) is 0 Å². The van der Waals surface area contributed by atoms with E-state index in [1.165, 1.54) is 32.1 Å². The number of hydrogen-bond acceptors (Lipinski definition) is 3. The standard InChI is InChI=1S/C17H29NO3/c1-3-21-16(19)10-11-18(2)17(20)15-9-8-13-6-4-5-7-14(13)12-15/h13-15H,3-12H2,1-2H3. The number of rotatable bonds is 5. The van der Waals surface area contributed by atoms with Gasteiger partial charge in [-0.2, -0.15) is 0 Å². The number of esters is 1. The van der Waals surface area contributed by atoms with Gasteiger partial charge in [0.25, 0.3) is 0 Å². The van der Waals surface area contributed by atoms with Crippen LogP contribution in [0.15, 0.2) is 0 Å². The first-order valence-electron chi connectivity index (χ1n) is 8.52.